The smallest absolute Gasteiger partial charge is 0.434 e. The van der Waals surface area contributed by atoms with Gasteiger partial charge in [0, 0.05) is 0 Å². The monoisotopic (exact) mass is 277 g/mol. The van der Waals surface area contributed by atoms with Crippen molar-refractivity contribution in [2.45, 2.75) is 45.8 Å². The van der Waals surface area contributed by atoms with Crippen molar-refractivity contribution in [3.05, 3.63) is 48.0 Å². The van der Waals surface area contributed by atoms with Gasteiger partial charge in [0.1, 0.15) is 6.61 Å². The molecule has 20 heavy (non-hydrogen) atoms. The first-order valence-electron chi connectivity index (χ1n) is 7.04. The number of rotatable bonds is 7. The summed E-state index contributed by atoms with van der Waals surface area (Å²) in [6, 6.07) is 9.07. The van der Waals surface area contributed by atoms with Gasteiger partial charge in [0.05, 0.1) is 6.04 Å². The number of carbonyl (C=O) groups excluding carboxylic acids is 1. The minimum Gasteiger partial charge on any atom is -0.443 e. The Morgan fingerprint density at radius 1 is 1.35 bits per heavy atom. The first kappa shape index (κ1) is 16.2. The number of hydrogen-bond acceptors (Lipinski definition) is 3. The molecule has 0 fully saturated rings. The summed E-state index contributed by atoms with van der Waals surface area (Å²) in [5.74, 6) is 0. The topological polar surface area (TPSA) is 49.8 Å². The van der Waals surface area contributed by atoms with Crippen LogP contribution in [0.4, 0.5) is 4.79 Å². The van der Waals surface area contributed by atoms with Crippen LogP contribution in [0.15, 0.2) is 42.5 Å². The maximum absolute atomic E-state index is 11.8. The first-order chi connectivity index (χ1) is 9.69. The van der Waals surface area contributed by atoms with Crippen LogP contribution in [-0.4, -0.2) is 22.4 Å². The lowest BCUT2D eigenvalue weighted by Crippen LogP contribution is -2.36. The third-order valence-corrected chi connectivity index (χ3v) is 2.88. The lowest BCUT2D eigenvalue weighted by atomic mass is 10.1. The van der Waals surface area contributed by atoms with E-state index in [0.29, 0.717) is 11.5 Å². The Morgan fingerprint density at radius 2 is 2.05 bits per heavy atom. The van der Waals surface area contributed by atoms with Crippen LogP contribution in [-0.2, 0) is 11.3 Å². The van der Waals surface area contributed by atoms with Gasteiger partial charge in [-0.1, -0.05) is 62.8 Å². The summed E-state index contributed by atoms with van der Waals surface area (Å²) in [5, 5.41) is 10.6. The number of carbonyl (C=O) groups is 1. The number of allylic oxidation sites excluding steroid dienone is 1. The fourth-order valence-electron chi connectivity index (χ4n) is 1.81. The van der Waals surface area contributed by atoms with E-state index in [2.05, 4.69) is 0 Å². The third-order valence-electron chi connectivity index (χ3n) is 2.88. The van der Waals surface area contributed by atoms with Crippen LogP contribution >= 0.6 is 0 Å². The second kappa shape index (κ2) is 9.15. The molecule has 110 valence electrons. The number of hydrogen-bond donors (Lipinski definition) is 1. The van der Waals surface area contributed by atoms with Crippen LogP contribution < -0.4 is 0 Å². The number of amides is 1. The van der Waals surface area contributed by atoms with Gasteiger partial charge in [-0.15, -0.1) is 0 Å². The maximum atomic E-state index is 11.8. The molecular weight excluding hydrogens is 254 g/mol. The summed E-state index contributed by atoms with van der Waals surface area (Å²) in [7, 11) is 0. The molecule has 4 heteroatoms. The normalized spacial score (nSPS) is 12.3. The van der Waals surface area contributed by atoms with E-state index in [1.165, 1.54) is 0 Å². The van der Waals surface area contributed by atoms with E-state index in [1.807, 2.05) is 56.3 Å². The van der Waals surface area contributed by atoms with Crippen molar-refractivity contribution in [3.8, 4) is 0 Å². The van der Waals surface area contributed by atoms with Crippen molar-refractivity contribution >= 4 is 6.09 Å². The average molecular weight is 277 g/mol. The fourth-order valence-corrected chi connectivity index (χ4v) is 1.81. The van der Waals surface area contributed by atoms with Gasteiger partial charge in [0.2, 0.25) is 0 Å². The Kier molecular flexibility index (Phi) is 7.43. The lowest BCUT2D eigenvalue weighted by molar-refractivity contribution is -0.0961. The van der Waals surface area contributed by atoms with E-state index in [0.717, 1.165) is 18.4 Å². The van der Waals surface area contributed by atoms with Gasteiger partial charge in [-0.3, -0.25) is 5.21 Å². The largest absolute Gasteiger partial charge is 0.443 e. The molecule has 0 spiro atoms. The minimum atomic E-state index is -0.715. The molecule has 0 saturated heterocycles. The molecule has 4 nitrogen and oxygen atoms in total. The highest BCUT2D eigenvalue weighted by molar-refractivity contribution is 5.66. The number of hydroxylamine groups is 2. The van der Waals surface area contributed by atoms with Crippen LogP contribution in [0.2, 0.25) is 0 Å². The average Bonchev–Trinajstić information content (AvgIpc) is 2.49. The summed E-state index contributed by atoms with van der Waals surface area (Å²) < 4.78 is 5.10. The molecule has 1 N–H and O–H groups in total. The molecule has 1 unspecified atom stereocenters. The van der Waals surface area contributed by atoms with E-state index in [4.69, 9.17) is 4.74 Å². The van der Waals surface area contributed by atoms with E-state index >= 15 is 0 Å². The Labute approximate surface area is 120 Å². The van der Waals surface area contributed by atoms with Gasteiger partial charge in [-0.2, -0.15) is 5.06 Å². The Balaban J connectivity index is 2.53. The SMILES string of the molecule is CC/C=C/C(CCC)N(O)C(=O)OCc1ccccc1. The highest BCUT2D eigenvalue weighted by Gasteiger charge is 2.20. The van der Waals surface area contributed by atoms with E-state index in [9.17, 15) is 10.0 Å². The predicted molar refractivity (Wildman–Crippen MR) is 78.4 cm³/mol. The zero-order valence-electron chi connectivity index (χ0n) is 12.2. The highest BCUT2D eigenvalue weighted by Crippen LogP contribution is 2.10. The van der Waals surface area contributed by atoms with Crippen molar-refractivity contribution in [1.29, 1.82) is 0 Å². The predicted octanol–water partition coefficient (Wildman–Crippen LogP) is 4.15. The molecule has 1 amide bonds. The minimum absolute atomic E-state index is 0.160. The van der Waals surface area contributed by atoms with Gasteiger partial charge in [-0.05, 0) is 18.4 Å². The molecule has 0 bridgehead atoms. The van der Waals surface area contributed by atoms with Crippen molar-refractivity contribution in [3.63, 3.8) is 0 Å². The van der Waals surface area contributed by atoms with Crippen LogP contribution in [0.3, 0.4) is 0 Å². The van der Waals surface area contributed by atoms with Crippen LogP contribution in [0.1, 0.15) is 38.7 Å². The Bertz CT molecular complexity index is 417. The molecular formula is C16H23NO3. The molecule has 0 saturated carbocycles. The van der Waals surface area contributed by atoms with E-state index in [-0.39, 0.29) is 12.6 Å². The number of benzene rings is 1. The van der Waals surface area contributed by atoms with Gasteiger partial charge < -0.3 is 4.74 Å². The second-order valence-electron chi connectivity index (χ2n) is 4.58. The van der Waals surface area contributed by atoms with Gasteiger partial charge in [-0.25, -0.2) is 4.79 Å². The molecule has 0 aliphatic rings. The molecule has 0 aliphatic carbocycles. The number of ether oxygens (including phenoxy) is 1. The molecule has 1 rings (SSSR count). The zero-order chi connectivity index (χ0) is 14.8. The number of nitrogens with zero attached hydrogens (tertiary/aromatic N) is 1. The van der Waals surface area contributed by atoms with Gasteiger partial charge in [0.25, 0.3) is 0 Å². The highest BCUT2D eigenvalue weighted by atomic mass is 16.6. The second-order valence-corrected chi connectivity index (χ2v) is 4.58. The quantitative estimate of drug-likeness (QED) is 0.463. The lowest BCUT2D eigenvalue weighted by Gasteiger charge is -2.22. The summed E-state index contributed by atoms with van der Waals surface area (Å²) in [5.41, 5.74) is 0.894. The molecule has 1 aromatic carbocycles. The zero-order valence-corrected chi connectivity index (χ0v) is 12.2. The molecule has 0 heterocycles. The van der Waals surface area contributed by atoms with E-state index in [1.54, 1.807) is 0 Å². The Morgan fingerprint density at radius 3 is 2.65 bits per heavy atom. The van der Waals surface area contributed by atoms with Crippen molar-refractivity contribution in [2.24, 2.45) is 0 Å². The first-order valence-corrected chi connectivity index (χ1v) is 7.04. The summed E-state index contributed by atoms with van der Waals surface area (Å²) >= 11 is 0. The van der Waals surface area contributed by atoms with Crippen LogP contribution in [0.5, 0.6) is 0 Å². The summed E-state index contributed by atoms with van der Waals surface area (Å²) in [4.78, 5) is 11.8. The summed E-state index contributed by atoms with van der Waals surface area (Å²) in [6.45, 7) is 4.18. The van der Waals surface area contributed by atoms with Gasteiger partial charge >= 0.3 is 6.09 Å². The molecule has 0 radical (unpaired) electrons. The maximum Gasteiger partial charge on any atom is 0.434 e. The van der Waals surface area contributed by atoms with Crippen molar-refractivity contribution in [2.75, 3.05) is 0 Å². The molecule has 0 aromatic heterocycles. The van der Waals surface area contributed by atoms with Crippen LogP contribution in [0, 0.1) is 0 Å². The molecule has 1 aromatic rings. The fraction of sp³-hybridized carbons (Fsp3) is 0.438. The summed E-state index contributed by atoms with van der Waals surface area (Å²) in [6.07, 6.45) is 5.51. The van der Waals surface area contributed by atoms with Crippen molar-refractivity contribution in [1.82, 2.24) is 5.06 Å². The Hall–Kier alpha value is -1.81. The molecule has 0 aliphatic heterocycles. The van der Waals surface area contributed by atoms with Crippen LogP contribution in [0.25, 0.3) is 0 Å². The third kappa shape index (κ3) is 5.45. The molecule has 1 atom stereocenters. The standard InChI is InChI=1S/C16H23NO3/c1-3-5-12-15(9-4-2)17(19)16(18)20-13-14-10-7-6-8-11-14/h5-8,10-12,15,19H,3-4,9,13H2,1-2H3/b12-5+. The van der Waals surface area contributed by atoms with E-state index < -0.39 is 6.09 Å². The van der Waals surface area contributed by atoms with Crippen molar-refractivity contribution < 1.29 is 14.7 Å². The van der Waals surface area contributed by atoms with Gasteiger partial charge in [0.15, 0.2) is 0 Å².